The van der Waals surface area contributed by atoms with E-state index in [2.05, 4.69) is 5.32 Å². The lowest BCUT2D eigenvalue weighted by molar-refractivity contribution is -0.385. The largest absolute Gasteiger partial charge is 0.322 e. The van der Waals surface area contributed by atoms with Crippen molar-refractivity contribution in [1.82, 2.24) is 0 Å². The molecular formula is C14H10ClN3O5. The highest BCUT2D eigenvalue weighted by atomic mass is 35.5. The van der Waals surface area contributed by atoms with Gasteiger partial charge in [-0.25, -0.2) is 0 Å². The second-order valence-electron chi connectivity index (χ2n) is 4.63. The van der Waals surface area contributed by atoms with Crippen LogP contribution in [0.25, 0.3) is 0 Å². The summed E-state index contributed by atoms with van der Waals surface area (Å²) in [5.41, 5.74) is 0.114. The molecule has 0 radical (unpaired) electrons. The van der Waals surface area contributed by atoms with Gasteiger partial charge < -0.3 is 5.32 Å². The van der Waals surface area contributed by atoms with Crippen LogP contribution in [0.1, 0.15) is 15.9 Å². The molecule has 0 saturated carbocycles. The Hall–Kier alpha value is -3.00. The van der Waals surface area contributed by atoms with E-state index >= 15 is 0 Å². The van der Waals surface area contributed by atoms with Gasteiger partial charge in [0.05, 0.1) is 20.4 Å². The summed E-state index contributed by atoms with van der Waals surface area (Å²) in [5, 5.41) is 24.1. The smallest absolute Gasteiger partial charge is 0.274 e. The Morgan fingerprint density at radius 2 is 1.78 bits per heavy atom. The lowest BCUT2D eigenvalue weighted by Crippen LogP contribution is -2.13. The molecule has 0 atom stereocenters. The van der Waals surface area contributed by atoms with Gasteiger partial charge in [-0.2, -0.15) is 0 Å². The summed E-state index contributed by atoms with van der Waals surface area (Å²) < 4.78 is 0. The van der Waals surface area contributed by atoms with E-state index in [4.69, 9.17) is 11.6 Å². The standard InChI is InChI=1S/C14H10ClN3O5/c1-8-2-3-9(6-13(8)18(22)23)16-14(19)11-7-10(17(20)21)4-5-12(11)15/h2-7H,1H3,(H,16,19). The van der Waals surface area contributed by atoms with E-state index in [1.54, 1.807) is 6.92 Å². The average Bonchev–Trinajstić information content (AvgIpc) is 2.49. The molecule has 2 aromatic rings. The monoisotopic (exact) mass is 335 g/mol. The minimum absolute atomic E-state index is 0.0368. The molecule has 0 aliphatic rings. The molecule has 2 rings (SSSR count). The SMILES string of the molecule is Cc1ccc(NC(=O)c2cc([N+](=O)[O-])ccc2Cl)cc1[N+](=O)[O-]. The molecular weight excluding hydrogens is 326 g/mol. The number of benzene rings is 2. The van der Waals surface area contributed by atoms with Crippen LogP contribution in [0.5, 0.6) is 0 Å². The van der Waals surface area contributed by atoms with Crippen molar-refractivity contribution in [2.75, 3.05) is 5.32 Å². The van der Waals surface area contributed by atoms with Gasteiger partial charge in [0, 0.05) is 29.4 Å². The molecule has 0 aromatic heterocycles. The zero-order chi connectivity index (χ0) is 17.1. The van der Waals surface area contributed by atoms with Gasteiger partial charge >= 0.3 is 0 Å². The normalized spacial score (nSPS) is 10.2. The average molecular weight is 336 g/mol. The number of non-ortho nitro benzene ring substituents is 1. The third-order valence-corrected chi connectivity index (χ3v) is 3.40. The van der Waals surface area contributed by atoms with Gasteiger partial charge in [-0.3, -0.25) is 25.0 Å². The van der Waals surface area contributed by atoms with Crippen molar-refractivity contribution in [2.24, 2.45) is 0 Å². The minimum Gasteiger partial charge on any atom is -0.322 e. The van der Waals surface area contributed by atoms with Gasteiger partial charge in [0.1, 0.15) is 0 Å². The van der Waals surface area contributed by atoms with Crippen LogP contribution in [-0.2, 0) is 0 Å². The molecule has 0 bridgehead atoms. The summed E-state index contributed by atoms with van der Waals surface area (Å²) in [6.45, 7) is 1.57. The second kappa shape index (κ2) is 6.41. The number of anilines is 1. The number of nitrogens with one attached hydrogen (secondary N) is 1. The fourth-order valence-electron chi connectivity index (χ4n) is 1.88. The van der Waals surface area contributed by atoms with Gasteiger partial charge in [0.15, 0.2) is 0 Å². The Kier molecular flexibility index (Phi) is 4.56. The molecule has 0 aliphatic carbocycles. The van der Waals surface area contributed by atoms with Crippen molar-refractivity contribution >= 4 is 34.6 Å². The number of nitro groups is 2. The fraction of sp³-hybridized carbons (Fsp3) is 0.0714. The van der Waals surface area contributed by atoms with Crippen molar-refractivity contribution in [3.8, 4) is 0 Å². The summed E-state index contributed by atoms with van der Waals surface area (Å²) in [4.78, 5) is 32.6. The zero-order valence-electron chi connectivity index (χ0n) is 11.8. The molecule has 0 saturated heterocycles. The van der Waals surface area contributed by atoms with E-state index in [0.717, 1.165) is 6.07 Å². The third kappa shape index (κ3) is 3.61. The van der Waals surface area contributed by atoms with Crippen molar-refractivity contribution in [3.05, 3.63) is 72.8 Å². The van der Waals surface area contributed by atoms with Crippen molar-refractivity contribution in [1.29, 1.82) is 0 Å². The highest BCUT2D eigenvalue weighted by Crippen LogP contribution is 2.25. The van der Waals surface area contributed by atoms with Crippen LogP contribution in [0.2, 0.25) is 5.02 Å². The van der Waals surface area contributed by atoms with Crippen LogP contribution in [0, 0.1) is 27.2 Å². The van der Waals surface area contributed by atoms with Crippen molar-refractivity contribution in [3.63, 3.8) is 0 Å². The predicted octanol–water partition coefficient (Wildman–Crippen LogP) is 3.72. The molecule has 2 aromatic carbocycles. The maximum absolute atomic E-state index is 12.2. The van der Waals surface area contributed by atoms with Gasteiger partial charge in [-0.15, -0.1) is 0 Å². The molecule has 1 amide bonds. The van der Waals surface area contributed by atoms with Gasteiger partial charge in [0.25, 0.3) is 17.3 Å². The summed E-state index contributed by atoms with van der Waals surface area (Å²) in [5.74, 6) is -0.697. The molecule has 118 valence electrons. The number of hydrogen-bond donors (Lipinski definition) is 1. The van der Waals surface area contributed by atoms with Gasteiger partial charge in [-0.1, -0.05) is 17.7 Å². The number of nitro benzene ring substituents is 2. The maximum atomic E-state index is 12.2. The number of hydrogen-bond acceptors (Lipinski definition) is 5. The predicted molar refractivity (Wildman–Crippen MR) is 83.9 cm³/mol. The number of aryl methyl sites for hydroxylation is 1. The first-order valence-corrected chi connectivity index (χ1v) is 6.67. The number of nitrogens with zero attached hydrogens (tertiary/aromatic N) is 2. The summed E-state index contributed by atoms with van der Waals surface area (Å²) in [6.07, 6.45) is 0. The summed E-state index contributed by atoms with van der Waals surface area (Å²) in [6, 6.07) is 7.65. The Morgan fingerprint density at radius 1 is 1.09 bits per heavy atom. The van der Waals surface area contributed by atoms with Crippen LogP contribution in [0.15, 0.2) is 36.4 Å². The van der Waals surface area contributed by atoms with Crippen LogP contribution in [0.3, 0.4) is 0 Å². The quantitative estimate of drug-likeness (QED) is 0.675. The molecule has 0 fully saturated rings. The number of halogens is 1. The number of amides is 1. The van der Waals surface area contributed by atoms with E-state index in [1.165, 1.54) is 30.3 Å². The maximum Gasteiger partial charge on any atom is 0.274 e. The third-order valence-electron chi connectivity index (χ3n) is 3.07. The van der Waals surface area contributed by atoms with E-state index < -0.39 is 15.8 Å². The van der Waals surface area contributed by atoms with Crippen molar-refractivity contribution in [2.45, 2.75) is 6.92 Å². The molecule has 1 N–H and O–H groups in total. The number of rotatable bonds is 4. The molecule has 0 spiro atoms. The zero-order valence-corrected chi connectivity index (χ0v) is 12.5. The van der Waals surface area contributed by atoms with Gasteiger partial charge in [0.2, 0.25) is 0 Å². The van der Waals surface area contributed by atoms with Crippen LogP contribution in [0.4, 0.5) is 17.1 Å². The lowest BCUT2D eigenvalue weighted by Gasteiger charge is -2.07. The van der Waals surface area contributed by atoms with Crippen LogP contribution >= 0.6 is 11.6 Å². The molecule has 8 nitrogen and oxygen atoms in total. The van der Waals surface area contributed by atoms with E-state index in [0.29, 0.717) is 5.56 Å². The van der Waals surface area contributed by atoms with E-state index in [9.17, 15) is 25.0 Å². The Morgan fingerprint density at radius 3 is 2.39 bits per heavy atom. The Bertz CT molecular complexity index is 822. The first kappa shape index (κ1) is 16.4. The van der Waals surface area contributed by atoms with Crippen molar-refractivity contribution < 1.29 is 14.6 Å². The fourth-order valence-corrected chi connectivity index (χ4v) is 2.09. The number of carbonyl (C=O) groups is 1. The van der Waals surface area contributed by atoms with Crippen LogP contribution < -0.4 is 5.32 Å². The summed E-state index contributed by atoms with van der Waals surface area (Å²) in [7, 11) is 0. The number of carbonyl (C=O) groups excluding carboxylic acids is 1. The molecule has 0 aliphatic heterocycles. The second-order valence-corrected chi connectivity index (χ2v) is 5.04. The Balaban J connectivity index is 2.33. The van der Waals surface area contributed by atoms with Gasteiger partial charge in [-0.05, 0) is 19.1 Å². The van der Waals surface area contributed by atoms with E-state index in [-0.39, 0.29) is 27.6 Å². The highest BCUT2D eigenvalue weighted by Gasteiger charge is 2.17. The summed E-state index contributed by atoms with van der Waals surface area (Å²) >= 11 is 5.88. The Labute approximate surface area is 135 Å². The van der Waals surface area contributed by atoms with E-state index in [1.807, 2.05) is 0 Å². The molecule has 9 heteroatoms. The highest BCUT2D eigenvalue weighted by molar-refractivity contribution is 6.34. The first-order chi connectivity index (χ1) is 10.8. The van der Waals surface area contributed by atoms with Crippen LogP contribution in [-0.4, -0.2) is 15.8 Å². The molecule has 0 unspecified atom stereocenters. The topological polar surface area (TPSA) is 115 Å². The molecule has 23 heavy (non-hydrogen) atoms. The minimum atomic E-state index is -0.697. The molecule has 0 heterocycles. The first-order valence-electron chi connectivity index (χ1n) is 6.30. The lowest BCUT2D eigenvalue weighted by atomic mass is 10.1.